The van der Waals surface area contributed by atoms with Crippen molar-refractivity contribution in [2.45, 2.75) is 32.8 Å². The fourth-order valence-electron chi connectivity index (χ4n) is 1.95. The molecule has 0 aliphatic carbocycles. The Hall–Kier alpha value is -2.09. The molecule has 0 radical (unpaired) electrons. The van der Waals surface area contributed by atoms with E-state index in [0.29, 0.717) is 25.2 Å². The van der Waals surface area contributed by atoms with Crippen molar-refractivity contribution in [3.63, 3.8) is 0 Å². The monoisotopic (exact) mass is 268 g/mol. The summed E-state index contributed by atoms with van der Waals surface area (Å²) in [5.41, 5.74) is 2.34. The maximum absolute atomic E-state index is 11.3. The quantitative estimate of drug-likeness (QED) is 0.753. The molecule has 0 atom stereocenters. The number of ether oxygens (including phenoxy) is 1. The Morgan fingerprint density at radius 3 is 2.30 bits per heavy atom. The summed E-state index contributed by atoms with van der Waals surface area (Å²) >= 11 is 0. The molecule has 0 saturated carbocycles. The molecular formula is C18H20O2. The molecule has 0 amide bonds. The maximum atomic E-state index is 11.3. The van der Waals surface area contributed by atoms with E-state index in [1.807, 2.05) is 61.5 Å². The Morgan fingerprint density at radius 1 is 0.950 bits per heavy atom. The average molecular weight is 268 g/mol. The highest BCUT2D eigenvalue weighted by Crippen LogP contribution is 2.15. The molecule has 104 valence electrons. The zero-order valence-electron chi connectivity index (χ0n) is 11.8. The largest absolute Gasteiger partial charge is 0.489 e. The molecule has 0 spiro atoms. The van der Waals surface area contributed by atoms with Crippen LogP contribution < -0.4 is 4.74 Å². The first-order valence-corrected chi connectivity index (χ1v) is 7.05. The Balaban J connectivity index is 1.84. The number of aryl methyl sites for hydroxylation is 1. The molecule has 0 fully saturated rings. The second kappa shape index (κ2) is 7.49. The number of hydrogen-bond acceptors (Lipinski definition) is 2. The molecule has 0 aliphatic heterocycles. The first-order chi connectivity index (χ1) is 9.78. The average Bonchev–Trinajstić information content (AvgIpc) is 2.52. The minimum absolute atomic E-state index is 0.314. The number of ketones is 1. The molecule has 0 aliphatic rings. The predicted octanol–water partition coefficient (Wildman–Crippen LogP) is 4.18. The first-order valence-electron chi connectivity index (χ1n) is 7.05. The fourth-order valence-corrected chi connectivity index (χ4v) is 1.95. The van der Waals surface area contributed by atoms with Gasteiger partial charge in [-0.2, -0.15) is 0 Å². The van der Waals surface area contributed by atoms with E-state index >= 15 is 0 Å². The second-order valence-electron chi connectivity index (χ2n) is 4.81. The van der Waals surface area contributed by atoms with Gasteiger partial charge in [0.2, 0.25) is 0 Å². The Kier molecular flexibility index (Phi) is 5.36. The lowest BCUT2D eigenvalue weighted by atomic mass is 10.1. The van der Waals surface area contributed by atoms with Crippen molar-refractivity contribution < 1.29 is 9.53 Å². The minimum Gasteiger partial charge on any atom is -0.489 e. The first kappa shape index (κ1) is 14.3. The summed E-state index contributed by atoms with van der Waals surface area (Å²) in [6.45, 7) is 2.48. The molecule has 2 nitrogen and oxygen atoms in total. The van der Waals surface area contributed by atoms with Gasteiger partial charge in [-0.05, 0) is 29.7 Å². The van der Waals surface area contributed by atoms with Crippen molar-refractivity contribution in [1.29, 1.82) is 0 Å². The highest BCUT2D eigenvalue weighted by atomic mass is 16.5. The highest BCUT2D eigenvalue weighted by molar-refractivity contribution is 5.78. The van der Waals surface area contributed by atoms with Crippen LogP contribution in [-0.2, 0) is 17.8 Å². The van der Waals surface area contributed by atoms with Crippen LogP contribution >= 0.6 is 0 Å². The van der Waals surface area contributed by atoms with Crippen LogP contribution in [0.15, 0.2) is 54.6 Å². The molecule has 0 heterocycles. The molecular weight excluding hydrogens is 248 g/mol. The molecule has 0 N–H and O–H groups in total. The van der Waals surface area contributed by atoms with E-state index in [2.05, 4.69) is 0 Å². The van der Waals surface area contributed by atoms with Gasteiger partial charge in [-0.3, -0.25) is 4.79 Å². The van der Waals surface area contributed by atoms with Gasteiger partial charge < -0.3 is 4.74 Å². The van der Waals surface area contributed by atoms with E-state index in [1.165, 1.54) is 5.56 Å². The summed E-state index contributed by atoms with van der Waals surface area (Å²) in [5.74, 6) is 1.17. The van der Waals surface area contributed by atoms with Crippen molar-refractivity contribution in [1.82, 2.24) is 0 Å². The molecule has 0 aromatic heterocycles. The number of Topliss-reactive ketones (excluding diaryl/α,β-unsaturated/α-hetero) is 1. The van der Waals surface area contributed by atoms with E-state index in [4.69, 9.17) is 4.74 Å². The van der Waals surface area contributed by atoms with Crippen molar-refractivity contribution in [3.8, 4) is 5.75 Å². The topological polar surface area (TPSA) is 26.3 Å². The van der Waals surface area contributed by atoms with Crippen molar-refractivity contribution in [3.05, 3.63) is 65.7 Å². The van der Waals surface area contributed by atoms with Gasteiger partial charge in [0.05, 0.1) is 0 Å². The standard InChI is InChI=1S/C18H20O2/c1-2-17(19)11-8-15-9-12-18(13-10-15)20-14-16-6-4-3-5-7-16/h3-7,9-10,12-13H,2,8,11,14H2,1H3. The summed E-state index contributed by atoms with van der Waals surface area (Å²) in [6, 6.07) is 18.1. The van der Waals surface area contributed by atoms with E-state index < -0.39 is 0 Å². The van der Waals surface area contributed by atoms with Crippen LogP contribution in [0.4, 0.5) is 0 Å². The number of benzene rings is 2. The molecule has 2 rings (SSSR count). The summed E-state index contributed by atoms with van der Waals surface area (Å²) in [5, 5.41) is 0. The van der Waals surface area contributed by atoms with Crippen LogP contribution in [0.25, 0.3) is 0 Å². The fraction of sp³-hybridized carbons (Fsp3) is 0.278. The molecule has 20 heavy (non-hydrogen) atoms. The van der Waals surface area contributed by atoms with Crippen molar-refractivity contribution in [2.75, 3.05) is 0 Å². The predicted molar refractivity (Wildman–Crippen MR) is 80.8 cm³/mol. The molecule has 2 aromatic rings. The van der Waals surface area contributed by atoms with Gasteiger partial charge in [0.1, 0.15) is 18.1 Å². The summed E-state index contributed by atoms with van der Waals surface area (Å²) in [4.78, 5) is 11.3. The van der Waals surface area contributed by atoms with E-state index in [1.54, 1.807) is 0 Å². The lowest BCUT2D eigenvalue weighted by molar-refractivity contribution is -0.118. The minimum atomic E-state index is 0.314. The van der Waals surface area contributed by atoms with Crippen LogP contribution in [0.2, 0.25) is 0 Å². The zero-order chi connectivity index (χ0) is 14.2. The van der Waals surface area contributed by atoms with E-state index in [0.717, 1.165) is 17.7 Å². The van der Waals surface area contributed by atoms with Crippen LogP contribution in [0.1, 0.15) is 30.9 Å². The molecule has 0 saturated heterocycles. The van der Waals surface area contributed by atoms with Gasteiger partial charge >= 0.3 is 0 Å². The van der Waals surface area contributed by atoms with Crippen LogP contribution in [0, 0.1) is 0 Å². The smallest absolute Gasteiger partial charge is 0.132 e. The van der Waals surface area contributed by atoms with Crippen LogP contribution in [0.3, 0.4) is 0 Å². The van der Waals surface area contributed by atoms with Crippen molar-refractivity contribution in [2.24, 2.45) is 0 Å². The molecule has 2 heteroatoms. The molecule has 0 unspecified atom stereocenters. The van der Waals surface area contributed by atoms with Gasteiger partial charge in [-0.1, -0.05) is 49.4 Å². The van der Waals surface area contributed by atoms with E-state index in [9.17, 15) is 4.79 Å². The molecule has 0 bridgehead atoms. The summed E-state index contributed by atoms with van der Waals surface area (Å²) < 4.78 is 5.73. The van der Waals surface area contributed by atoms with Gasteiger partial charge in [0.25, 0.3) is 0 Å². The van der Waals surface area contributed by atoms with Gasteiger partial charge in [0, 0.05) is 12.8 Å². The number of carbonyl (C=O) groups excluding carboxylic acids is 1. The van der Waals surface area contributed by atoms with Gasteiger partial charge in [-0.15, -0.1) is 0 Å². The molecule has 2 aromatic carbocycles. The van der Waals surface area contributed by atoms with Gasteiger partial charge in [-0.25, -0.2) is 0 Å². The maximum Gasteiger partial charge on any atom is 0.132 e. The highest BCUT2D eigenvalue weighted by Gasteiger charge is 2.01. The second-order valence-corrected chi connectivity index (χ2v) is 4.81. The number of hydrogen-bond donors (Lipinski definition) is 0. The third-order valence-corrected chi connectivity index (χ3v) is 3.26. The van der Waals surface area contributed by atoms with E-state index in [-0.39, 0.29) is 0 Å². The lowest BCUT2D eigenvalue weighted by Gasteiger charge is -2.07. The Morgan fingerprint density at radius 2 is 1.65 bits per heavy atom. The Bertz CT molecular complexity index is 529. The SMILES string of the molecule is CCC(=O)CCc1ccc(OCc2ccccc2)cc1. The summed E-state index contributed by atoms with van der Waals surface area (Å²) in [6.07, 6.45) is 2.06. The lowest BCUT2D eigenvalue weighted by Crippen LogP contribution is -1.98. The Labute approximate surface area is 120 Å². The third kappa shape index (κ3) is 4.54. The van der Waals surface area contributed by atoms with Crippen molar-refractivity contribution >= 4 is 5.78 Å². The third-order valence-electron chi connectivity index (χ3n) is 3.26. The number of rotatable bonds is 7. The van der Waals surface area contributed by atoms with Gasteiger partial charge in [0.15, 0.2) is 0 Å². The van der Waals surface area contributed by atoms with Crippen LogP contribution in [0.5, 0.6) is 5.75 Å². The zero-order valence-corrected chi connectivity index (χ0v) is 11.8. The van der Waals surface area contributed by atoms with Crippen LogP contribution in [-0.4, -0.2) is 5.78 Å². The normalized spacial score (nSPS) is 10.2. The summed E-state index contributed by atoms with van der Waals surface area (Å²) in [7, 11) is 0. The number of carbonyl (C=O) groups is 1.